The molecule has 0 aliphatic heterocycles. The van der Waals surface area contributed by atoms with Crippen molar-refractivity contribution < 1.29 is 28.3 Å². The van der Waals surface area contributed by atoms with E-state index < -0.39 is 16.5 Å². The van der Waals surface area contributed by atoms with Crippen molar-refractivity contribution in [1.82, 2.24) is 12.3 Å². The number of hydrogen-bond acceptors (Lipinski definition) is 6. The molecule has 10 heteroatoms. The summed E-state index contributed by atoms with van der Waals surface area (Å²) < 4.78 is 21.6. The molecule has 0 aliphatic carbocycles. The van der Waals surface area contributed by atoms with Gasteiger partial charge in [-0.05, 0) is 15.6 Å². The van der Waals surface area contributed by atoms with Gasteiger partial charge in [0.2, 0.25) is 0 Å². The number of rotatable bonds is 3. The lowest BCUT2D eigenvalue weighted by Gasteiger charge is -1.72. The topological polar surface area (TPSA) is 183 Å². The van der Waals surface area contributed by atoms with E-state index in [2.05, 4.69) is 4.31 Å². The summed E-state index contributed by atoms with van der Waals surface area (Å²) in [6.45, 7) is 2.25. The molecule has 0 aromatic rings. The minimum atomic E-state index is -3.24. The predicted octanol–water partition coefficient (Wildman–Crippen LogP) is 0.179. The second-order valence-electron chi connectivity index (χ2n) is 1.25. The molecule has 0 aromatic heterocycles. The van der Waals surface area contributed by atoms with Crippen LogP contribution in [0, 0.1) is 0 Å². The van der Waals surface area contributed by atoms with Gasteiger partial charge in [-0.3, -0.25) is 0 Å². The maximum atomic E-state index is 9.24. The predicted molar refractivity (Wildman–Crippen MR) is 45.6 cm³/mol. The summed E-state index contributed by atoms with van der Waals surface area (Å²) in [5.41, 5.74) is 0. The van der Waals surface area contributed by atoms with Gasteiger partial charge in [0, 0.05) is 6.61 Å². The Balaban J connectivity index is -0.0000000600. The lowest BCUT2D eigenvalue weighted by atomic mass is 10.5. The van der Waals surface area contributed by atoms with E-state index in [1.807, 2.05) is 6.92 Å². The standard InChI is InChI=1S/C3H8O.2H3N.O5P2/c1-2-3-4;;;1-6(2)5-7(3)4/h4H,2-3H2,1H3;2*1H3;/p+2. The molecule has 13 heavy (non-hydrogen) atoms. The van der Waals surface area contributed by atoms with E-state index in [1.165, 1.54) is 0 Å². The molecule has 0 heterocycles. The summed E-state index contributed by atoms with van der Waals surface area (Å²) in [5.74, 6) is 0. The van der Waals surface area contributed by atoms with Gasteiger partial charge in [-0.15, -0.1) is 0 Å². The highest BCUT2D eigenvalue weighted by Crippen LogP contribution is 2.24. The third kappa shape index (κ3) is 48.2. The summed E-state index contributed by atoms with van der Waals surface area (Å²) in [5, 5.41) is 7.88. The monoisotopic (exact) mass is 238 g/mol. The fraction of sp³-hybridized carbons (Fsp3) is 1.00. The Morgan fingerprint density at radius 3 is 1.46 bits per heavy atom. The van der Waals surface area contributed by atoms with Gasteiger partial charge in [0.15, 0.2) is 0 Å². The van der Waals surface area contributed by atoms with Crippen molar-refractivity contribution >= 4 is 16.5 Å². The summed E-state index contributed by atoms with van der Waals surface area (Å²) in [7, 11) is -6.47. The number of quaternary nitrogens is 2. The van der Waals surface area contributed by atoms with Gasteiger partial charge in [-0.2, -0.15) is 0 Å². The fourth-order valence-corrected chi connectivity index (χ4v) is 0.490. The van der Waals surface area contributed by atoms with Gasteiger partial charge in [0.1, 0.15) is 4.31 Å². The van der Waals surface area contributed by atoms with E-state index in [-0.39, 0.29) is 12.3 Å². The summed E-state index contributed by atoms with van der Waals surface area (Å²) >= 11 is 0. The normalized spacial score (nSPS) is 9.54. The van der Waals surface area contributed by atoms with Crippen LogP contribution in [0.25, 0.3) is 0 Å². The molecule has 0 aromatic carbocycles. The molecule has 9 N–H and O–H groups in total. The highest BCUT2D eigenvalue weighted by Gasteiger charge is 2.13. The Kier molecular flexibility index (Phi) is 31.8. The molecule has 0 saturated carbocycles. The van der Waals surface area contributed by atoms with Crippen LogP contribution in [0.15, 0.2) is 0 Å². The molecular weight excluding hydrogens is 222 g/mol. The van der Waals surface area contributed by atoms with Crippen LogP contribution in [-0.4, -0.2) is 11.7 Å². The zero-order valence-electron chi connectivity index (χ0n) is 7.80. The SMILES string of the molecule is CCCO.O=[P+]([O-])O[P+](=O)[O-].[NH4+].[NH4+]. The van der Waals surface area contributed by atoms with Crippen molar-refractivity contribution in [3.05, 3.63) is 0 Å². The quantitative estimate of drug-likeness (QED) is 0.588. The highest BCUT2D eigenvalue weighted by atomic mass is 31.2. The van der Waals surface area contributed by atoms with Crippen LogP contribution in [-0.2, 0) is 13.4 Å². The average molecular weight is 238 g/mol. The van der Waals surface area contributed by atoms with Crippen LogP contribution in [0.4, 0.5) is 0 Å². The van der Waals surface area contributed by atoms with Gasteiger partial charge >= 0.3 is 16.5 Å². The van der Waals surface area contributed by atoms with Gasteiger partial charge in [0.05, 0.1) is 0 Å². The van der Waals surface area contributed by atoms with Gasteiger partial charge < -0.3 is 27.2 Å². The Morgan fingerprint density at radius 1 is 1.23 bits per heavy atom. The third-order valence-corrected chi connectivity index (χ3v) is 1.42. The zero-order chi connectivity index (χ0) is 9.28. The fourth-order valence-electron chi connectivity index (χ4n) is 0.0544. The Labute approximate surface area is 78.0 Å². The van der Waals surface area contributed by atoms with E-state index in [9.17, 15) is 18.9 Å². The molecule has 8 nitrogen and oxygen atoms in total. The molecule has 0 spiro atoms. The van der Waals surface area contributed by atoms with Crippen molar-refractivity contribution in [2.24, 2.45) is 0 Å². The van der Waals surface area contributed by atoms with Crippen molar-refractivity contribution in [3.8, 4) is 0 Å². The highest BCUT2D eigenvalue weighted by molar-refractivity contribution is 7.44. The Hall–Kier alpha value is -0.0400. The van der Waals surface area contributed by atoms with Crippen LogP contribution in [0.5, 0.6) is 0 Å². The second-order valence-corrected chi connectivity index (χ2v) is 2.80. The first kappa shape index (κ1) is 23.1. The molecule has 2 unspecified atom stereocenters. The average Bonchev–Trinajstić information content (AvgIpc) is 1.85. The van der Waals surface area contributed by atoms with Crippen molar-refractivity contribution in [1.29, 1.82) is 0 Å². The van der Waals surface area contributed by atoms with Crippen LogP contribution in [0.1, 0.15) is 13.3 Å². The van der Waals surface area contributed by atoms with E-state index in [1.54, 1.807) is 0 Å². The molecule has 82 valence electrons. The molecule has 0 aliphatic rings. The Morgan fingerprint density at radius 2 is 1.46 bits per heavy atom. The largest absolute Gasteiger partial charge is 0.563 e. The lowest BCUT2D eigenvalue weighted by molar-refractivity contribution is -0.198. The van der Waals surface area contributed by atoms with E-state index in [0.29, 0.717) is 6.61 Å². The maximum Gasteiger partial charge on any atom is 0.543 e. The molecule has 0 rings (SSSR count). The molecule has 0 saturated heterocycles. The number of hydrogen-bond donors (Lipinski definition) is 3. The van der Waals surface area contributed by atoms with Crippen LogP contribution >= 0.6 is 16.5 Å². The summed E-state index contributed by atoms with van der Waals surface area (Å²) in [6, 6.07) is 0. The van der Waals surface area contributed by atoms with E-state index in [0.717, 1.165) is 6.42 Å². The molecule has 0 radical (unpaired) electrons. The molecular formula is C3H16N2O6P2+2. The maximum absolute atomic E-state index is 9.24. The number of aliphatic hydroxyl groups is 1. The summed E-state index contributed by atoms with van der Waals surface area (Å²) in [6.07, 6.45) is 0.875. The second kappa shape index (κ2) is 17.9. The lowest BCUT2D eigenvalue weighted by Crippen LogP contribution is -1.90. The first-order chi connectivity index (χ1) is 5.04. The Bertz CT molecular complexity index is 119. The van der Waals surface area contributed by atoms with Crippen molar-refractivity contribution in [3.63, 3.8) is 0 Å². The minimum Gasteiger partial charge on any atom is -0.563 e. The van der Waals surface area contributed by atoms with Crippen molar-refractivity contribution in [2.45, 2.75) is 13.3 Å². The van der Waals surface area contributed by atoms with E-state index in [4.69, 9.17) is 5.11 Å². The molecule has 0 fully saturated rings. The van der Waals surface area contributed by atoms with Crippen LogP contribution < -0.4 is 22.1 Å². The minimum absolute atomic E-state index is 0. The first-order valence-corrected chi connectivity index (χ1v) is 4.81. The van der Waals surface area contributed by atoms with E-state index >= 15 is 0 Å². The zero-order valence-corrected chi connectivity index (χ0v) is 9.59. The van der Waals surface area contributed by atoms with Crippen LogP contribution in [0.3, 0.4) is 0 Å². The molecule has 0 bridgehead atoms. The molecule has 2 atom stereocenters. The van der Waals surface area contributed by atoms with Gasteiger partial charge in [-0.1, -0.05) is 6.92 Å². The molecule has 0 amide bonds. The summed E-state index contributed by atoms with van der Waals surface area (Å²) in [4.78, 5) is 18.5. The van der Waals surface area contributed by atoms with Crippen molar-refractivity contribution in [2.75, 3.05) is 6.61 Å². The third-order valence-electron chi connectivity index (χ3n) is 0.357. The van der Waals surface area contributed by atoms with Crippen LogP contribution in [0.2, 0.25) is 0 Å². The van der Waals surface area contributed by atoms with Gasteiger partial charge in [0.25, 0.3) is 0 Å². The number of aliphatic hydroxyl groups excluding tert-OH is 1. The first-order valence-electron chi connectivity index (χ1n) is 2.62. The van der Waals surface area contributed by atoms with Gasteiger partial charge in [-0.25, -0.2) is 0 Å². The smallest absolute Gasteiger partial charge is 0.543 e.